The van der Waals surface area contributed by atoms with E-state index >= 15 is 0 Å². The molecule has 0 fully saturated rings. The van der Waals surface area contributed by atoms with Crippen molar-refractivity contribution in [3.05, 3.63) is 52.8 Å². The number of aliphatic hydroxyl groups is 1. The molecule has 0 saturated carbocycles. The Balaban J connectivity index is 2.11. The molecule has 0 heterocycles. The standard InChI is InChI=1S/C17H11F4NO4S/c18-10-5-9(8-22)6-11(7-10)26-14-3-4-15(27(24,25)17(19,20)21)16-12(14)1-2-13(16)23/h3-7,13,23H,1-2H2. The molecule has 3 rings (SSSR count). The zero-order chi connectivity index (χ0) is 20.0. The number of sulfone groups is 1. The van der Waals surface area contributed by atoms with E-state index in [1.165, 1.54) is 6.07 Å². The summed E-state index contributed by atoms with van der Waals surface area (Å²) in [7, 11) is -5.66. The molecule has 5 nitrogen and oxygen atoms in total. The Bertz CT molecular complexity index is 1060. The van der Waals surface area contributed by atoms with Crippen LogP contribution in [0.5, 0.6) is 11.5 Å². The summed E-state index contributed by atoms with van der Waals surface area (Å²) in [6, 6.07) is 6.63. The molecule has 1 atom stereocenters. The van der Waals surface area contributed by atoms with Crippen LogP contribution in [0.4, 0.5) is 17.6 Å². The van der Waals surface area contributed by atoms with Gasteiger partial charge in [0.2, 0.25) is 0 Å². The number of nitriles is 1. The van der Waals surface area contributed by atoms with E-state index in [1.807, 2.05) is 0 Å². The third-order valence-corrected chi connectivity index (χ3v) is 5.64. The van der Waals surface area contributed by atoms with E-state index in [9.17, 15) is 31.1 Å². The molecule has 1 N–H and O–H groups in total. The van der Waals surface area contributed by atoms with Crippen LogP contribution in [0.1, 0.15) is 29.2 Å². The molecule has 0 aliphatic heterocycles. The maximum absolute atomic E-state index is 13.5. The fourth-order valence-electron chi connectivity index (χ4n) is 2.94. The second kappa shape index (κ2) is 6.51. The summed E-state index contributed by atoms with van der Waals surface area (Å²) >= 11 is 0. The Hall–Kier alpha value is -2.64. The molecule has 1 aliphatic rings. The SMILES string of the molecule is N#Cc1cc(F)cc(Oc2ccc(S(=O)(=O)C(F)(F)F)c3c2CCC3O)c1. The van der Waals surface area contributed by atoms with Crippen LogP contribution in [0.25, 0.3) is 0 Å². The zero-order valence-electron chi connectivity index (χ0n) is 13.4. The van der Waals surface area contributed by atoms with E-state index < -0.39 is 32.2 Å². The van der Waals surface area contributed by atoms with Crippen molar-refractivity contribution in [2.75, 3.05) is 0 Å². The third-order valence-electron chi connectivity index (χ3n) is 4.10. The Kier molecular flexibility index (Phi) is 4.61. The Morgan fingerprint density at radius 1 is 1.22 bits per heavy atom. The lowest BCUT2D eigenvalue weighted by atomic mass is 10.1. The monoisotopic (exact) mass is 401 g/mol. The lowest BCUT2D eigenvalue weighted by Gasteiger charge is -2.17. The summed E-state index contributed by atoms with van der Waals surface area (Å²) in [6.45, 7) is 0. The minimum atomic E-state index is -5.66. The summed E-state index contributed by atoms with van der Waals surface area (Å²) in [5.74, 6) is -0.851. The molecule has 10 heteroatoms. The summed E-state index contributed by atoms with van der Waals surface area (Å²) in [6.07, 6.45) is -1.31. The highest BCUT2D eigenvalue weighted by Crippen LogP contribution is 2.45. The van der Waals surface area contributed by atoms with E-state index in [1.54, 1.807) is 6.07 Å². The molecule has 1 aliphatic carbocycles. The molecular weight excluding hydrogens is 390 g/mol. The van der Waals surface area contributed by atoms with Crippen molar-refractivity contribution >= 4 is 9.84 Å². The topological polar surface area (TPSA) is 87.4 Å². The van der Waals surface area contributed by atoms with E-state index in [0.29, 0.717) is 6.07 Å². The van der Waals surface area contributed by atoms with Crippen molar-refractivity contribution in [1.82, 2.24) is 0 Å². The number of hydrogen-bond acceptors (Lipinski definition) is 5. The van der Waals surface area contributed by atoms with Gasteiger partial charge in [0, 0.05) is 17.2 Å². The summed E-state index contributed by atoms with van der Waals surface area (Å²) in [5, 5.41) is 18.9. The molecule has 0 spiro atoms. The normalized spacial score (nSPS) is 16.7. The number of alkyl halides is 3. The first-order valence-corrected chi connectivity index (χ1v) is 9.06. The van der Waals surface area contributed by atoms with Gasteiger partial charge in [-0.25, -0.2) is 12.8 Å². The van der Waals surface area contributed by atoms with Crippen LogP contribution in [0.2, 0.25) is 0 Å². The molecule has 0 radical (unpaired) electrons. The average Bonchev–Trinajstić information content (AvgIpc) is 2.96. The van der Waals surface area contributed by atoms with Crippen LogP contribution in [0, 0.1) is 17.1 Å². The van der Waals surface area contributed by atoms with Crippen LogP contribution in [0.3, 0.4) is 0 Å². The van der Waals surface area contributed by atoms with Gasteiger partial charge in [-0.15, -0.1) is 0 Å². The Morgan fingerprint density at radius 3 is 2.56 bits per heavy atom. The van der Waals surface area contributed by atoms with Gasteiger partial charge in [0.25, 0.3) is 9.84 Å². The third kappa shape index (κ3) is 3.36. The zero-order valence-corrected chi connectivity index (χ0v) is 14.2. The molecular formula is C17H11F4NO4S. The number of nitrogens with zero attached hydrogens (tertiary/aromatic N) is 1. The highest BCUT2D eigenvalue weighted by Gasteiger charge is 2.49. The molecule has 1 unspecified atom stereocenters. The van der Waals surface area contributed by atoms with Crippen LogP contribution in [0.15, 0.2) is 35.2 Å². The molecule has 27 heavy (non-hydrogen) atoms. The average molecular weight is 401 g/mol. The van der Waals surface area contributed by atoms with Crippen LogP contribution < -0.4 is 4.74 Å². The van der Waals surface area contributed by atoms with Gasteiger partial charge in [-0.2, -0.15) is 18.4 Å². The molecule has 0 aromatic heterocycles. The largest absolute Gasteiger partial charge is 0.501 e. The van der Waals surface area contributed by atoms with Crippen molar-refractivity contribution in [1.29, 1.82) is 5.26 Å². The van der Waals surface area contributed by atoms with Crippen molar-refractivity contribution in [2.45, 2.75) is 29.3 Å². The smallest absolute Gasteiger partial charge is 0.457 e. The predicted octanol–water partition coefficient (Wildman–Crippen LogP) is 3.76. The highest BCUT2D eigenvalue weighted by molar-refractivity contribution is 7.92. The lowest BCUT2D eigenvalue weighted by Crippen LogP contribution is -2.24. The van der Waals surface area contributed by atoms with Gasteiger partial charge in [0.1, 0.15) is 17.3 Å². The van der Waals surface area contributed by atoms with E-state index in [2.05, 4.69) is 0 Å². The maximum Gasteiger partial charge on any atom is 0.501 e. The molecule has 142 valence electrons. The van der Waals surface area contributed by atoms with Gasteiger partial charge in [-0.1, -0.05) is 0 Å². The Morgan fingerprint density at radius 2 is 1.93 bits per heavy atom. The summed E-state index contributed by atoms with van der Waals surface area (Å²) in [5.41, 5.74) is -5.83. The first-order chi connectivity index (χ1) is 12.5. The van der Waals surface area contributed by atoms with Gasteiger partial charge < -0.3 is 9.84 Å². The first kappa shape index (κ1) is 19.1. The summed E-state index contributed by atoms with van der Waals surface area (Å²) < 4.78 is 81.3. The summed E-state index contributed by atoms with van der Waals surface area (Å²) in [4.78, 5) is -1.03. The van der Waals surface area contributed by atoms with Gasteiger partial charge in [0.15, 0.2) is 0 Å². The highest BCUT2D eigenvalue weighted by atomic mass is 32.2. The van der Waals surface area contributed by atoms with Gasteiger partial charge in [-0.3, -0.25) is 0 Å². The van der Waals surface area contributed by atoms with E-state index in [4.69, 9.17) is 10.00 Å². The first-order valence-electron chi connectivity index (χ1n) is 7.58. The number of ether oxygens (including phenoxy) is 1. The molecule has 2 aromatic carbocycles. The Labute approximate surface area is 151 Å². The van der Waals surface area contributed by atoms with Gasteiger partial charge in [0.05, 0.1) is 22.6 Å². The van der Waals surface area contributed by atoms with E-state index in [0.717, 1.165) is 18.2 Å². The van der Waals surface area contributed by atoms with Crippen molar-refractivity contribution < 1.29 is 35.8 Å². The van der Waals surface area contributed by atoms with Crippen LogP contribution in [-0.4, -0.2) is 19.0 Å². The van der Waals surface area contributed by atoms with Gasteiger partial charge >= 0.3 is 5.51 Å². The second-order valence-corrected chi connectivity index (χ2v) is 7.76. The number of benzene rings is 2. The van der Waals surface area contributed by atoms with Gasteiger partial charge in [-0.05, 0) is 37.1 Å². The molecule has 0 bridgehead atoms. The fourth-order valence-corrected chi connectivity index (χ4v) is 3.98. The number of rotatable bonds is 3. The number of hydrogen-bond donors (Lipinski definition) is 1. The number of halogens is 4. The molecule has 0 amide bonds. The second-order valence-electron chi connectivity index (χ2n) is 5.85. The minimum absolute atomic E-state index is 0.0165. The quantitative estimate of drug-likeness (QED) is 0.792. The lowest BCUT2D eigenvalue weighted by molar-refractivity contribution is -0.0437. The molecule has 2 aromatic rings. The van der Waals surface area contributed by atoms with Crippen LogP contribution >= 0.6 is 0 Å². The van der Waals surface area contributed by atoms with Crippen molar-refractivity contribution in [3.8, 4) is 17.6 Å². The van der Waals surface area contributed by atoms with Crippen molar-refractivity contribution in [2.24, 2.45) is 0 Å². The maximum atomic E-state index is 13.5. The van der Waals surface area contributed by atoms with Crippen LogP contribution in [-0.2, 0) is 16.3 Å². The predicted molar refractivity (Wildman–Crippen MR) is 84.2 cm³/mol. The number of aliphatic hydroxyl groups excluding tert-OH is 1. The fraction of sp³-hybridized carbons (Fsp3) is 0.235. The number of fused-ring (bicyclic) bond motifs is 1. The van der Waals surface area contributed by atoms with Crippen molar-refractivity contribution in [3.63, 3.8) is 0 Å². The minimum Gasteiger partial charge on any atom is -0.457 e. The van der Waals surface area contributed by atoms with E-state index in [-0.39, 0.29) is 41.0 Å². The molecule has 0 saturated heterocycles.